The molecule has 3 rings (SSSR count). The van der Waals surface area contributed by atoms with Crippen LogP contribution in [0.2, 0.25) is 0 Å². The quantitative estimate of drug-likeness (QED) is 0.731. The molecule has 0 radical (unpaired) electrons. The molecule has 6 heteroatoms. The third-order valence-electron chi connectivity index (χ3n) is 3.45. The summed E-state index contributed by atoms with van der Waals surface area (Å²) in [6.45, 7) is 5.88. The molecule has 1 amide bonds. The van der Waals surface area contributed by atoms with Gasteiger partial charge < -0.3 is 10.1 Å². The zero-order valence-electron chi connectivity index (χ0n) is 14.3. The number of amides is 1. The fraction of sp³-hybridized carbons (Fsp3) is 0.211. The maximum atomic E-state index is 12.4. The highest BCUT2D eigenvalue weighted by Crippen LogP contribution is 2.26. The first-order chi connectivity index (χ1) is 12.0. The van der Waals surface area contributed by atoms with Crippen molar-refractivity contribution in [3.05, 3.63) is 59.2 Å². The highest BCUT2D eigenvalue weighted by molar-refractivity contribution is 7.13. The number of ether oxygens (including phenoxy) is 1. The Morgan fingerprint density at radius 1 is 1.20 bits per heavy atom. The third-order valence-corrected chi connectivity index (χ3v) is 4.34. The molecular weight excluding hydrogens is 334 g/mol. The van der Waals surface area contributed by atoms with Crippen molar-refractivity contribution >= 4 is 23.1 Å². The first-order valence-electron chi connectivity index (χ1n) is 7.98. The van der Waals surface area contributed by atoms with E-state index in [4.69, 9.17) is 4.74 Å². The van der Waals surface area contributed by atoms with E-state index < -0.39 is 0 Å². The van der Waals surface area contributed by atoms with Crippen molar-refractivity contribution in [2.24, 2.45) is 0 Å². The number of hydrogen-bond donors (Lipinski definition) is 1. The van der Waals surface area contributed by atoms with Gasteiger partial charge in [0.1, 0.15) is 22.3 Å². The Morgan fingerprint density at radius 2 is 1.96 bits per heavy atom. The number of rotatable bonds is 5. The molecule has 0 saturated carbocycles. The van der Waals surface area contributed by atoms with Crippen LogP contribution in [0.5, 0.6) is 5.75 Å². The minimum atomic E-state index is -0.260. The number of aryl methyl sites for hydroxylation is 1. The van der Waals surface area contributed by atoms with E-state index in [1.807, 2.05) is 57.2 Å². The molecule has 0 fully saturated rings. The van der Waals surface area contributed by atoms with Crippen molar-refractivity contribution in [3.8, 4) is 16.3 Å². The first-order valence-corrected chi connectivity index (χ1v) is 8.86. The Morgan fingerprint density at radius 3 is 2.64 bits per heavy atom. The molecule has 25 heavy (non-hydrogen) atoms. The molecule has 0 aliphatic carbocycles. The van der Waals surface area contributed by atoms with Gasteiger partial charge in [0, 0.05) is 17.1 Å². The summed E-state index contributed by atoms with van der Waals surface area (Å²) < 4.78 is 5.64. The summed E-state index contributed by atoms with van der Waals surface area (Å²) in [4.78, 5) is 21.0. The second kappa shape index (κ2) is 7.44. The normalized spacial score (nSPS) is 10.7. The van der Waals surface area contributed by atoms with Crippen molar-refractivity contribution in [2.75, 3.05) is 5.32 Å². The number of thiazole rings is 1. The average Bonchev–Trinajstić information content (AvgIpc) is 3.07. The number of anilines is 1. The van der Waals surface area contributed by atoms with Gasteiger partial charge in [0.25, 0.3) is 5.91 Å². The average molecular weight is 353 g/mol. The van der Waals surface area contributed by atoms with Crippen LogP contribution in [0.1, 0.15) is 29.9 Å². The van der Waals surface area contributed by atoms with Crippen molar-refractivity contribution in [1.82, 2.24) is 9.97 Å². The van der Waals surface area contributed by atoms with E-state index in [0.717, 1.165) is 21.9 Å². The van der Waals surface area contributed by atoms with Gasteiger partial charge in [-0.3, -0.25) is 4.79 Å². The Kier molecular flexibility index (Phi) is 5.09. The van der Waals surface area contributed by atoms with E-state index in [-0.39, 0.29) is 12.0 Å². The van der Waals surface area contributed by atoms with Crippen molar-refractivity contribution in [3.63, 3.8) is 0 Å². The monoisotopic (exact) mass is 353 g/mol. The fourth-order valence-electron chi connectivity index (χ4n) is 2.25. The fourth-order valence-corrected chi connectivity index (χ4v) is 3.05. The summed E-state index contributed by atoms with van der Waals surface area (Å²) in [5.74, 6) is 1.11. The number of carbonyl (C=O) groups is 1. The van der Waals surface area contributed by atoms with Gasteiger partial charge in [0.05, 0.1) is 6.10 Å². The van der Waals surface area contributed by atoms with Crippen LogP contribution in [0.4, 0.5) is 5.82 Å². The molecule has 0 bridgehead atoms. The summed E-state index contributed by atoms with van der Waals surface area (Å²) in [6, 6.07) is 11.4. The van der Waals surface area contributed by atoms with E-state index in [2.05, 4.69) is 15.3 Å². The van der Waals surface area contributed by atoms with E-state index in [1.54, 1.807) is 11.6 Å². The molecule has 0 atom stereocenters. The van der Waals surface area contributed by atoms with E-state index in [9.17, 15) is 4.79 Å². The maximum absolute atomic E-state index is 12.4. The molecule has 0 spiro atoms. The zero-order valence-corrected chi connectivity index (χ0v) is 15.1. The van der Waals surface area contributed by atoms with Gasteiger partial charge in [-0.2, -0.15) is 0 Å². The Bertz CT molecular complexity index is 872. The lowest BCUT2D eigenvalue weighted by Crippen LogP contribution is -2.14. The summed E-state index contributed by atoms with van der Waals surface area (Å²) in [6.07, 6.45) is 1.78. The molecule has 0 saturated heterocycles. The number of aromatic nitrogens is 2. The molecular formula is C19H19N3O2S. The SMILES string of the molecule is Cc1cccnc1NC(=O)c1csc(-c2ccc(OC(C)C)cc2)n1. The maximum Gasteiger partial charge on any atom is 0.276 e. The molecule has 2 heterocycles. The summed E-state index contributed by atoms with van der Waals surface area (Å²) >= 11 is 1.43. The molecule has 2 aromatic heterocycles. The molecule has 3 aromatic rings. The summed E-state index contributed by atoms with van der Waals surface area (Å²) in [5.41, 5.74) is 2.24. The lowest BCUT2D eigenvalue weighted by atomic mass is 10.2. The minimum absolute atomic E-state index is 0.135. The Balaban J connectivity index is 1.73. The van der Waals surface area contributed by atoms with E-state index in [0.29, 0.717) is 11.5 Å². The molecule has 0 unspecified atom stereocenters. The highest BCUT2D eigenvalue weighted by Gasteiger charge is 2.13. The highest BCUT2D eigenvalue weighted by atomic mass is 32.1. The topological polar surface area (TPSA) is 64.1 Å². The van der Waals surface area contributed by atoms with Gasteiger partial charge in [-0.15, -0.1) is 11.3 Å². The lowest BCUT2D eigenvalue weighted by molar-refractivity contribution is 0.102. The zero-order chi connectivity index (χ0) is 17.8. The predicted octanol–water partition coefficient (Wildman–Crippen LogP) is 4.55. The largest absolute Gasteiger partial charge is 0.491 e. The van der Waals surface area contributed by atoms with E-state index in [1.165, 1.54) is 11.3 Å². The Labute approximate surface area is 150 Å². The van der Waals surface area contributed by atoms with Crippen LogP contribution in [0.3, 0.4) is 0 Å². The molecule has 5 nitrogen and oxygen atoms in total. The minimum Gasteiger partial charge on any atom is -0.491 e. The van der Waals surface area contributed by atoms with E-state index >= 15 is 0 Å². The third kappa shape index (κ3) is 4.22. The van der Waals surface area contributed by atoms with Crippen LogP contribution < -0.4 is 10.1 Å². The molecule has 128 valence electrons. The van der Waals surface area contributed by atoms with Gasteiger partial charge in [0.2, 0.25) is 0 Å². The van der Waals surface area contributed by atoms with Gasteiger partial charge in [-0.05, 0) is 56.7 Å². The molecule has 0 aliphatic heterocycles. The van der Waals surface area contributed by atoms with Crippen LogP contribution in [-0.2, 0) is 0 Å². The molecule has 1 aromatic carbocycles. The first kappa shape index (κ1) is 17.1. The number of hydrogen-bond acceptors (Lipinski definition) is 5. The number of benzene rings is 1. The van der Waals surface area contributed by atoms with Crippen LogP contribution in [0.25, 0.3) is 10.6 Å². The summed E-state index contributed by atoms with van der Waals surface area (Å²) in [5, 5.41) is 5.34. The van der Waals surface area contributed by atoms with Crippen LogP contribution in [0, 0.1) is 6.92 Å². The number of nitrogens with zero attached hydrogens (tertiary/aromatic N) is 2. The van der Waals surface area contributed by atoms with Crippen molar-refractivity contribution < 1.29 is 9.53 Å². The standard InChI is InChI=1S/C19H19N3O2S/c1-12(2)24-15-8-6-14(7-9-15)19-21-16(11-25-19)18(23)22-17-13(3)5-4-10-20-17/h4-12H,1-3H3,(H,20,22,23). The van der Waals surface area contributed by atoms with Crippen LogP contribution in [0.15, 0.2) is 48.0 Å². The second-order valence-corrected chi connectivity index (χ2v) is 6.71. The van der Waals surface area contributed by atoms with Gasteiger partial charge in [0.15, 0.2) is 0 Å². The van der Waals surface area contributed by atoms with Crippen LogP contribution >= 0.6 is 11.3 Å². The molecule has 0 aliphatic rings. The number of nitrogens with one attached hydrogen (secondary N) is 1. The number of pyridine rings is 1. The lowest BCUT2D eigenvalue weighted by Gasteiger charge is -2.09. The van der Waals surface area contributed by atoms with Gasteiger partial charge in [-0.1, -0.05) is 6.07 Å². The van der Waals surface area contributed by atoms with Gasteiger partial charge >= 0.3 is 0 Å². The second-order valence-electron chi connectivity index (χ2n) is 5.85. The number of carbonyl (C=O) groups excluding carboxylic acids is 1. The van der Waals surface area contributed by atoms with Crippen LogP contribution in [-0.4, -0.2) is 22.0 Å². The summed E-state index contributed by atoms with van der Waals surface area (Å²) in [7, 11) is 0. The molecule has 1 N–H and O–H groups in total. The van der Waals surface area contributed by atoms with Crippen molar-refractivity contribution in [1.29, 1.82) is 0 Å². The van der Waals surface area contributed by atoms with Gasteiger partial charge in [-0.25, -0.2) is 9.97 Å². The van der Waals surface area contributed by atoms with Crippen molar-refractivity contribution in [2.45, 2.75) is 26.9 Å². The smallest absolute Gasteiger partial charge is 0.276 e. The Hall–Kier alpha value is -2.73. The predicted molar refractivity (Wildman–Crippen MR) is 100 cm³/mol.